The molecular weight excluding hydrogens is 294 g/mol. The Balaban J connectivity index is 2.01. The number of halogens is 1. The molecule has 0 spiro atoms. The van der Waals surface area contributed by atoms with Crippen molar-refractivity contribution in [2.24, 2.45) is 5.92 Å². The summed E-state index contributed by atoms with van der Waals surface area (Å²) in [5.41, 5.74) is 1.25. The lowest BCUT2D eigenvalue weighted by Crippen LogP contribution is -2.39. The van der Waals surface area contributed by atoms with Crippen molar-refractivity contribution in [3.8, 4) is 0 Å². The Morgan fingerprint density at radius 1 is 1.35 bits per heavy atom. The molecule has 1 aromatic carbocycles. The molecular formula is C15H22ClNO2S. The average Bonchev–Trinajstić information content (AvgIpc) is 2.45. The fraction of sp³-hybridized carbons (Fsp3) is 0.600. The van der Waals surface area contributed by atoms with E-state index in [9.17, 15) is 8.42 Å². The summed E-state index contributed by atoms with van der Waals surface area (Å²) >= 11 is 6.12. The standard InChI is InChI=1S/C15H22ClNO2S/c1-20(18,19)17-9-5-6-13(12-17)10-15(11-16)14-7-3-2-4-8-14/h2-4,7-8,13,15H,5-6,9-12H2,1H3. The second-order valence-corrected chi connectivity index (χ2v) is 7.92. The monoisotopic (exact) mass is 315 g/mol. The van der Waals surface area contributed by atoms with Gasteiger partial charge in [-0.2, -0.15) is 0 Å². The molecule has 1 aromatic rings. The third kappa shape index (κ3) is 4.21. The minimum absolute atomic E-state index is 0.308. The van der Waals surface area contributed by atoms with Crippen molar-refractivity contribution in [3.05, 3.63) is 35.9 Å². The van der Waals surface area contributed by atoms with E-state index in [1.54, 1.807) is 4.31 Å². The summed E-state index contributed by atoms with van der Waals surface area (Å²) in [6.45, 7) is 1.30. The Labute approximate surface area is 127 Å². The molecule has 20 heavy (non-hydrogen) atoms. The van der Waals surface area contributed by atoms with Gasteiger partial charge in [-0.1, -0.05) is 30.3 Å². The lowest BCUT2D eigenvalue weighted by Gasteiger charge is -2.32. The zero-order valence-electron chi connectivity index (χ0n) is 11.8. The first-order valence-corrected chi connectivity index (χ1v) is 9.45. The number of hydrogen-bond donors (Lipinski definition) is 0. The minimum Gasteiger partial charge on any atom is -0.213 e. The van der Waals surface area contributed by atoms with E-state index < -0.39 is 10.0 Å². The van der Waals surface area contributed by atoms with Crippen molar-refractivity contribution < 1.29 is 8.42 Å². The van der Waals surface area contributed by atoms with Crippen LogP contribution >= 0.6 is 11.6 Å². The van der Waals surface area contributed by atoms with Crippen molar-refractivity contribution in [2.75, 3.05) is 25.2 Å². The molecule has 5 heteroatoms. The van der Waals surface area contributed by atoms with E-state index in [4.69, 9.17) is 11.6 Å². The van der Waals surface area contributed by atoms with E-state index in [1.807, 2.05) is 18.2 Å². The molecule has 0 radical (unpaired) electrons. The summed E-state index contributed by atoms with van der Waals surface area (Å²) in [5.74, 6) is 1.30. The van der Waals surface area contributed by atoms with Crippen molar-refractivity contribution in [1.82, 2.24) is 4.31 Å². The van der Waals surface area contributed by atoms with Gasteiger partial charge < -0.3 is 0 Å². The molecule has 0 aromatic heterocycles. The highest BCUT2D eigenvalue weighted by atomic mass is 35.5. The van der Waals surface area contributed by atoms with Crippen molar-refractivity contribution in [2.45, 2.75) is 25.2 Å². The van der Waals surface area contributed by atoms with Gasteiger partial charge in [-0.25, -0.2) is 12.7 Å². The van der Waals surface area contributed by atoms with Crippen molar-refractivity contribution in [1.29, 1.82) is 0 Å². The minimum atomic E-state index is -3.07. The van der Waals surface area contributed by atoms with Gasteiger partial charge in [-0.3, -0.25) is 0 Å². The van der Waals surface area contributed by atoms with Gasteiger partial charge in [0, 0.05) is 19.0 Å². The topological polar surface area (TPSA) is 37.4 Å². The molecule has 0 aliphatic carbocycles. The van der Waals surface area contributed by atoms with Crippen LogP contribution in [-0.4, -0.2) is 37.9 Å². The number of sulfonamides is 1. The fourth-order valence-corrected chi connectivity index (χ4v) is 4.18. The summed E-state index contributed by atoms with van der Waals surface area (Å²) < 4.78 is 24.9. The van der Waals surface area contributed by atoms with E-state index in [0.29, 0.717) is 30.8 Å². The summed E-state index contributed by atoms with van der Waals surface area (Å²) in [6, 6.07) is 10.3. The van der Waals surface area contributed by atoms with Crippen LogP contribution < -0.4 is 0 Å². The zero-order valence-corrected chi connectivity index (χ0v) is 13.4. The van der Waals surface area contributed by atoms with E-state index in [-0.39, 0.29) is 0 Å². The van der Waals surface area contributed by atoms with Crippen LogP contribution in [0.15, 0.2) is 30.3 Å². The molecule has 112 valence electrons. The lowest BCUT2D eigenvalue weighted by molar-refractivity contribution is 0.249. The number of piperidine rings is 1. The first-order valence-electron chi connectivity index (χ1n) is 7.06. The number of benzene rings is 1. The maximum atomic E-state index is 11.7. The second-order valence-electron chi connectivity index (χ2n) is 5.63. The molecule has 0 N–H and O–H groups in total. The first kappa shape index (κ1) is 15.8. The zero-order chi connectivity index (χ0) is 14.6. The van der Waals surface area contributed by atoms with Gasteiger partial charge in [0.15, 0.2) is 0 Å². The predicted molar refractivity (Wildman–Crippen MR) is 83.7 cm³/mol. The van der Waals surface area contributed by atoms with Crippen molar-refractivity contribution >= 4 is 21.6 Å². The smallest absolute Gasteiger partial charge is 0.211 e. The molecule has 1 saturated heterocycles. The number of nitrogens with zero attached hydrogens (tertiary/aromatic N) is 1. The maximum absolute atomic E-state index is 11.7. The predicted octanol–water partition coefficient (Wildman–Crippen LogP) is 3.07. The number of rotatable bonds is 5. The van der Waals surface area contributed by atoms with Crippen LogP contribution in [0.2, 0.25) is 0 Å². The Morgan fingerprint density at radius 3 is 2.65 bits per heavy atom. The molecule has 0 bridgehead atoms. The highest BCUT2D eigenvalue weighted by Crippen LogP contribution is 2.30. The average molecular weight is 316 g/mol. The van der Waals surface area contributed by atoms with Gasteiger partial charge in [0.25, 0.3) is 0 Å². The molecule has 0 amide bonds. The van der Waals surface area contributed by atoms with Gasteiger partial charge in [-0.15, -0.1) is 11.6 Å². The van der Waals surface area contributed by atoms with Crippen LogP contribution in [0.1, 0.15) is 30.7 Å². The molecule has 1 heterocycles. The summed E-state index contributed by atoms with van der Waals surface area (Å²) in [7, 11) is -3.07. The van der Waals surface area contributed by atoms with Crippen LogP contribution in [0.4, 0.5) is 0 Å². The third-order valence-electron chi connectivity index (χ3n) is 4.03. The summed E-state index contributed by atoms with van der Waals surface area (Å²) in [5, 5.41) is 0. The van der Waals surface area contributed by atoms with Gasteiger partial charge in [0.2, 0.25) is 10.0 Å². The lowest BCUT2D eigenvalue weighted by atomic mass is 9.86. The van der Waals surface area contributed by atoms with Gasteiger partial charge >= 0.3 is 0 Å². The van der Waals surface area contributed by atoms with E-state index >= 15 is 0 Å². The van der Waals surface area contributed by atoms with Gasteiger partial charge in [-0.05, 0) is 36.7 Å². The molecule has 2 atom stereocenters. The van der Waals surface area contributed by atoms with Crippen LogP contribution in [0, 0.1) is 5.92 Å². The quantitative estimate of drug-likeness (QED) is 0.783. The molecule has 1 aliphatic rings. The van der Waals surface area contributed by atoms with Crippen LogP contribution in [0.5, 0.6) is 0 Å². The Kier molecular flexibility index (Phi) is 5.47. The van der Waals surface area contributed by atoms with E-state index in [1.165, 1.54) is 11.8 Å². The largest absolute Gasteiger partial charge is 0.213 e. The summed E-state index contributed by atoms with van der Waals surface area (Å²) in [6.07, 6.45) is 4.29. The number of alkyl halides is 1. The number of hydrogen-bond acceptors (Lipinski definition) is 2. The second kappa shape index (κ2) is 6.92. The van der Waals surface area contributed by atoms with Gasteiger partial charge in [0.05, 0.1) is 6.26 Å². The maximum Gasteiger partial charge on any atom is 0.211 e. The third-order valence-corrected chi connectivity index (χ3v) is 5.67. The van der Waals surface area contributed by atoms with E-state index in [2.05, 4.69) is 12.1 Å². The van der Waals surface area contributed by atoms with Crippen LogP contribution in [0.25, 0.3) is 0 Å². The Bertz CT molecular complexity index is 518. The normalized spacial score (nSPS) is 22.6. The summed E-state index contributed by atoms with van der Waals surface area (Å²) in [4.78, 5) is 0. The van der Waals surface area contributed by atoms with Crippen molar-refractivity contribution in [3.63, 3.8) is 0 Å². The Hall–Kier alpha value is -0.580. The fourth-order valence-electron chi connectivity index (χ4n) is 2.94. The van der Waals surface area contributed by atoms with Gasteiger partial charge in [0.1, 0.15) is 0 Å². The van der Waals surface area contributed by atoms with Crippen LogP contribution in [0.3, 0.4) is 0 Å². The highest BCUT2D eigenvalue weighted by molar-refractivity contribution is 7.88. The molecule has 2 unspecified atom stereocenters. The highest BCUT2D eigenvalue weighted by Gasteiger charge is 2.27. The molecule has 1 fully saturated rings. The Morgan fingerprint density at radius 2 is 2.05 bits per heavy atom. The molecule has 2 rings (SSSR count). The van der Waals surface area contributed by atoms with Crippen LogP contribution in [-0.2, 0) is 10.0 Å². The molecule has 0 saturated carbocycles. The van der Waals surface area contributed by atoms with E-state index in [0.717, 1.165) is 19.3 Å². The molecule has 3 nitrogen and oxygen atoms in total. The SMILES string of the molecule is CS(=O)(=O)N1CCCC(CC(CCl)c2ccccc2)C1. The first-order chi connectivity index (χ1) is 9.50. The molecule has 1 aliphatic heterocycles.